The molecule has 19 heavy (non-hydrogen) atoms. The van der Waals surface area contributed by atoms with Gasteiger partial charge in [0.1, 0.15) is 18.2 Å². The highest BCUT2D eigenvalue weighted by molar-refractivity contribution is 9.10. The first-order valence-electron chi connectivity index (χ1n) is 5.91. The van der Waals surface area contributed by atoms with Crippen LogP contribution >= 0.6 is 15.9 Å². The summed E-state index contributed by atoms with van der Waals surface area (Å²) in [4.78, 5) is 0. The predicted molar refractivity (Wildman–Crippen MR) is 78.8 cm³/mol. The van der Waals surface area contributed by atoms with Crippen molar-refractivity contribution >= 4 is 21.6 Å². The van der Waals surface area contributed by atoms with E-state index in [0.717, 1.165) is 15.6 Å². The molecule has 0 aromatic heterocycles. The summed E-state index contributed by atoms with van der Waals surface area (Å²) < 4.78 is 20.1. The van der Waals surface area contributed by atoms with E-state index in [9.17, 15) is 4.39 Å². The molecule has 0 radical (unpaired) electrons. The van der Waals surface area contributed by atoms with Crippen LogP contribution in [-0.4, -0.2) is 0 Å². The molecule has 4 heteroatoms. The van der Waals surface area contributed by atoms with E-state index in [1.807, 2.05) is 19.9 Å². The van der Waals surface area contributed by atoms with E-state index in [2.05, 4.69) is 15.9 Å². The van der Waals surface area contributed by atoms with Crippen LogP contribution in [0.15, 0.2) is 34.8 Å². The summed E-state index contributed by atoms with van der Waals surface area (Å²) >= 11 is 3.32. The second-order valence-corrected chi connectivity index (χ2v) is 5.41. The lowest BCUT2D eigenvalue weighted by Gasteiger charge is -2.12. The van der Waals surface area contributed by atoms with Crippen molar-refractivity contribution in [2.24, 2.45) is 0 Å². The number of nitrogen functional groups attached to an aromatic ring is 1. The molecule has 2 N–H and O–H groups in total. The zero-order chi connectivity index (χ0) is 14.0. The van der Waals surface area contributed by atoms with E-state index < -0.39 is 0 Å². The number of aryl methyl sites for hydroxylation is 2. The fraction of sp³-hybridized carbons (Fsp3) is 0.200. The molecule has 0 heterocycles. The van der Waals surface area contributed by atoms with Crippen molar-refractivity contribution in [1.82, 2.24) is 0 Å². The number of rotatable bonds is 3. The zero-order valence-electron chi connectivity index (χ0n) is 10.8. The number of anilines is 1. The van der Waals surface area contributed by atoms with Gasteiger partial charge in [-0.05, 0) is 43.2 Å². The summed E-state index contributed by atoms with van der Waals surface area (Å²) in [6.45, 7) is 4.06. The van der Waals surface area contributed by atoms with Gasteiger partial charge in [0.25, 0.3) is 0 Å². The first kappa shape index (κ1) is 13.9. The molecule has 0 aliphatic heterocycles. The van der Waals surface area contributed by atoms with Gasteiger partial charge >= 0.3 is 0 Å². The molecule has 0 atom stereocenters. The third-order valence-electron chi connectivity index (χ3n) is 2.95. The second-order valence-electron chi connectivity index (χ2n) is 4.50. The van der Waals surface area contributed by atoms with Crippen molar-refractivity contribution in [2.45, 2.75) is 20.5 Å². The summed E-state index contributed by atoms with van der Waals surface area (Å²) in [6.07, 6.45) is 0. The van der Waals surface area contributed by atoms with E-state index in [0.29, 0.717) is 17.0 Å². The smallest absolute Gasteiger partial charge is 0.129 e. The van der Waals surface area contributed by atoms with Crippen LogP contribution in [0.4, 0.5) is 10.1 Å². The molecule has 0 unspecified atom stereocenters. The van der Waals surface area contributed by atoms with Crippen LogP contribution in [0.25, 0.3) is 0 Å². The lowest BCUT2D eigenvalue weighted by Crippen LogP contribution is -2.01. The van der Waals surface area contributed by atoms with Crippen LogP contribution in [0.5, 0.6) is 5.75 Å². The van der Waals surface area contributed by atoms with Crippen LogP contribution in [0, 0.1) is 19.7 Å². The minimum Gasteiger partial charge on any atom is -0.488 e. The topological polar surface area (TPSA) is 35.2 Å². The molecule has 100 valence electrons. The third-order valence-corrected chi connectivity index (χ3v) is 3.45. The fourth-order valence-electron chi connectivity index (χ4n) is 1.81. The Labute approximate surface area is 120 Å². The van der Waals surface area contributed by atoms with E-state index in [-0.39, 0.29) is 12.4 Å². The second kappa shape index (κ2) is 5.61. The molecule has 0 aliphatic rings. The highest BCUT2D eigenvalue weighted by Crippen LogP contribution is 2.26. The molecule has 0 saturated carbocycles. The van der Waals surface area contributed by atoms with Gasteiger partial charge in [-0.3, -0.25) is 0 Å². The Morgan fingerprint density at radius 1 is 1.16 bits per heavy atom. The zero-order valence-corrected chi connectivity index (χ0v) is 12.4. The Kier molecular flexibility index (Phi) is 4.10. The average molecular weight is 324 g/mol. The Balaban J connectivity index is 2.19. The summed E-state index contributed by atoms with van der Waals surface area (Å²) in [6, 6.07) is 8.53. The average Bonchev–Trinajstić information content (AvgIpc) is 2.36. The number of hydrogen-bond donors (Lipinski definition) is 1. The summed E-state index contributed by atoms with van der Waals surface area (Å²) in [5.74, 6) is 0.406. The molecule has 0 fully saturated rings. The quantitative estimate of drug-likeness (QED) is 0.851. The number of nitrogens with two attached hydrogens (primary N) is 1. The van der Waals surface area contributed by atoms with Gasteiger partial charge in [0.05, 0.1) is 0 Å². The Bertz CT molecular complexity index is 613. The Hall–Kier alpha value is -1.55. The van der Waals surface area contributed by atoms with Gasteiger partial charge in [-0.1, -0.05) is 22.0 Å². The van der Waals surface area contributed by atoms with Gasteiger partial charge in [0.2, 0.25) is 0 Å². The lowest BCUT2D eigenvalue weighted by molar-refractivity contribution is 0.298. The number of benzene rings is 2. The Morgan fingerprint density at radius 2 is 1.89 bits per heavy atom. The minimum absolute atomic E-state index is 0.175. The van der Waals surface area contributed by atoms with Gasteiger partial charge in [-0.2, -0.15) is 0 Å². The van der Waals surface area contributed by atoms with Gasteiger partial charge in [0, 0.05) is 21.8 Å². The summed E-state index contributed by atoms with van der Waals surface area (Å²) in [5.41, 5.74) is 9.04. The fourth-order valence-corrected chi connectivity index (χ4v) is 2.22. The van der Waals surface area contributed by atoms with Gasteiger partial charge in [-0.25, -0.2) is 4.39 Å². The van der Waals surface area contributed by atoms with Crippen LogP contribution in [0.1, 0.15) is 16.7 Å². The monoisotopic (exact) mass is 323 g/mol. The number of hydrogen-bond acceptors (Lipinski definition) is 2. The molecule has 2 aromatic carbocycles. The molecule has 0 spiro atoms. The molecule has 0 bridgehead atoms. The summed E-state index contributed by atoms with van der Waals surface area (Å²) in [5, 5.41) is 0. The van der Waals surface area contributed by atoms with Crippen LogP contribution < -0.4 is 10.5 Å². The largest absolute Gasteiger partial charge is 0.488 e. The van der Waals surface area contributed by atoms with Gasteiger partial charge in [-0.15, -0.1) is 0 Å². The highest BCUT2D eigenvalue weighted by atomic mass is 79.9. The molecule has 2 aromatic rings. The van der Waals surface area contributed by atoms with Crippen molar-refractivity contribution in [2.75, 3.05) is 5.73 Å². The maximum atomic E-state index is 13.6. The summed E-state index contributed by atoms with van der Waals surface area (Å²) in [7, 11) is 0. The normalized spacial score (nSPS) is 10.5. The highest BCUT2D eigenvalue weighted by Gasteiger charge is 2.07. The standard InChI is InChI=1S/C15H15BrFNO/c1-9-5-10(2)15(7-14(9)18)19-8-11-6-12(16)3-4-13(11)17/h3-7H,8,18H2,1-2H3. The third kappa shape index (κ3) is 3.26. The predicted octanol–water partition coefficient (Wildman–Crippen LogP) is 4.37. The van der Waals surface area contributed by atoms with Crippen molar-refractivity contribution in [1.29, 1.82) is 0 Å². The van der Waals surface area contributed by atoms with E-state index in [1.165, 1.54) is 6.07 Å². The SMILES string of the molecule is Cc1cc(C)c(OCc2cc(Br)ccc2F)cc1N. The van der Waals surface area contributed by atoms with Crippen molar-refractivity contribution in [3.63, 3.8) is 0 Å². The molecular formula is C15H15BrFNO. The van der Waals surface area contributed by atoms with Crippen molar-refractivity contribution in [3.05, 3.63) is 57.3 Å². The minimum atomic E-state index is -0.277. The van der Waals surface area contributed by atoms with Crippen LogP contribution in [0.2, 0.25) is 0 Å². The molecule has 0 amide bonds. The van der Waals surface area contributed by atoms with Crippen molar-refractivity contribution in [3.8, 4) is 5.75 Å². The number of ether oxygens (including phenoxy) is 1. The molecule has 2 nitrogen and oxygen atoms in total. The maximum Gasteiger partial charge on any atom is 0.129 e. The maximum absolute atomic E-state index is 13.6. The van der Waals surface area contributed by atoms with Gasteiger partial charge in [0.15, 0.2) is 0 Å². The molecular weight excluding hydrogens is 309 g/mol. The van der Waals surface area contributed by atoms with Gasteiger partial charge < -0.3 is 10.5 Å². The molecule has 0 aliphatic carbocycles. The van der Waals surface area contributed by atoms with E-state index >= 15 is 0 Å². The van der Waals surface area contributed by atoms with Crippen molar-refractivity contribution < 1.29 is 9.13 Å². The first-order valence-corrected chi connectivity index (χ1v) is 6.70. The van der Waals surface area contributed by atoms with E-state index in [1.54, 1.807) is 18.2 Å². The molecule has 0 saturated heterocycles. The van der Waals surface area contributed by atoms with Crippen LogP contribution in [0.3, 0.4) is 0 Å². The molecule has 2 rings (SSSR count). The van der Waals surface area contributed by atoms with E-state index in [4.69, 9.17) is 10.5 Å². The first-order chi connectivity index (χ1) is 8.97. The number of halogens is 2. The lowest BCUT2D eigenvalue weighted by atomic mass is 10.1. The Morgan fingerprint density at radius 3 is 2.63 bits per heavy atom. The van der Waals surface area contributed by atoms with Crippen LogP contribution in [-0.2, 0) is 6.61 Å².